The summed E-state index contributed by atoms with van der Waals surface area (Å²) in [7, 11) is 1.90. The first-order chi connectivity index (χ1) is 11.0. The van der Waals surface area contributed by atoms with Crippen LogP contribution in [0.4, 0.5) is 0 Å². The summed E-state index contributed by atoms with van der Waals surface area (Å²) in [4.78, 5) is 19.9. The van der Waals surface area contributed by atoms with Gasteiger partial charge < -0.3 is 10.3 Å². The predicted octanol–water partition coefficient (Wildman–Crippen LogP) is 2.41. The van der Waals surface area contributed by atoms with Crippen LogP contribution in [-0.4, -0.2) is 25.7 Å². The zero-order valence-corrected chi connectivity index (χ0v) is 13.6. The standard InChI is InChI=1S/C17H21N5O/c1-11(13-10-18-22(3)12(13)2)19-17(23)9-8-16-20-14-6-4-5-7-15(14)21-16/h4-7,10-11H,8-9H2,1-3H3,(H,19,23)(H,20,21)/t11-/m1/s1. The van der Waals surface area contributed by atoms with Crippen LogP contribution in [0, 0.1) is 6.92 Å². The molecular formula is C17H21N5O. The molecule has 1 amide bonds. The first-order valence-corrected chi connectivity index (χ1v) is 7.76. The summed E-state index contributed by atoms with van der Waals surface area (Å²) in [5.74, 6) is 0.854. The average molecular weight is 311 g/mol. The average Bonchev–Trinajstić information content (AvgIpc) is 3.09. The van der Waals surface area contributed by atoms with Gasteiger partial charge in [0.15, 0.2) is 0 Å². The highest BCUT2D eigenvalue weighted by Crippen LogP contribution is 2.16. The fourth-order valence-corrected chi connectivity index (χ4v) is 2.69. The molecule has 2 heterocycles. The van der Waals surface area contributed by atoms with E-state index in [1.807, 2.05) is 49.8 Å². The van der Waals surface area contributed by atoms with Gasteiger partial charge in [0.05, 0.1) is 23.3 Å². The van der Waals surface area contributed by atoms with Crippen molar-refractivity contribution in [3.63, 3.8) is 0 Å². The van der Waals surface area contributed by atoms with Crippen molar-refractivity contribution in [1.82, 2.24) is 25.1 Å². The number of para-hydroxylation sites is 2. The molecule has 3 rings (SSSR count). The number of hydrogen-bond donors (Lipinski definition) is 2. The first-order valence-electron chi connectivity index (χ1n) is 7.76. The van der Waals surface area contributed by atoms with Gasteiger partial charge in [0, 0.05) is 31.1 Å². The maximum Gasteiger partial charge on any atom is 0.220 e. The number of aryl methyl sites for hydroxylation is 2. The van der Waals surface area contributed by atoms with Crippen LogP contribution in [0.3, 0.4) is 0 Å². The summed E-state index contributed by atoms with van der Waals surface area (Å²) >= 11 is 0. The van der Waals surface area contributed by atoms with Gasteiger partial charge in [0.25, 0.3) is 0 Å². The number of carbonyl (C=O) groups is 1. The normalized spacial score (nSPS) is 12.5. The molecule has 0 aliphatic carbocycles. The molecule has 6 nitrogen and oxygen atoms in total. The van der Waals surface area contributed by atoms with Crippen molar-refractivity contribution in [1.29, 1.82) is 0 Å². The minimum Gasteiger partial charge on any atom is -0.349 e. The minimum absolute atomic E-state index is 0.0150. The fraction of sp³-hybridized carbons (Fsp3) is 0.353. The smallest absolute Gasteiger partial charge is 0.220 e. The topological polar surface area (TPSA) is 75.6 Å². The van der Waals surface area contributed by atoms with E-state index >= 15 is 0 Å². The van der Waals surface area contributed by atoms with Crippen LogP contribution in [-0.2, 0) is 18.3 Å². The number of aromatic amines is 1. The third kappa shape index (κ3) is 3.26. The highest BCUT2D eigenvalue weighted by molar-refractivity contribution is 5.77. The lowest BCUT2D eigenvalue weighted by atomic mass is 10.1. The summed E-state index contributed by atoms with van der Waals surface area (Å²) in [6.07, 6.45) is 2.81. The Morgan fingerprint density at radius 3 is 2.87 bits per heavy atom. The number of nitrogens with one attached hydrogen (secondary N) is 2. The Hall–Kier alpha value is -2.63. The van der Waals surface area contributed by atoms with Crippen LogP contribution in [0.25, 0.3) is 11.0 Å². The SMILES string of the molecule is Cc1c([C@@H](C)NC(=O)CCc2nc3ccccc3[nH]2)cnn1C. The van der Waals surface area contributed by atoms with Crippen LogP contribution in [0.1, 0.15) is 36.5 Å². The number of amides is 1. The lowest BCUT2D eigenvalue weighted by Crippen LogP contribution is -2.27. The van der Waals surface area contributed by atoms with Gasteiger partial charge >= 0.3 is 0 Å². The van der Waals surface area contributed by atoms with Gasteiger partial charge in [-0.05, 0) is 26.0 Å². The maximum absolute atomic E-state index is 12.2. The summed E-state index contributed by atoms with van der Waals surface area (Å²) in [6.45, 7) is 3.97. The second-order valence-electron chi connectivity index (χ2n) is 5.80. The molecule has 0 aliphatic rings. The van der Waals surface area contributed by atoms with E-state index in [4.69, 9.17) is 0 Å². The van der Waals surface area contributed by atoms with Gasteiger partial charge in [0.2, 0.25) is 5.91 Å². The van der Waals surface area contributed by atoms with E-state index in [-0.39, 0.29) is 11.9 Å². The lowest BCUT2D eigenvalue weighted by Gasteiger charge is -2.13. The van der Waals surface area contributed by atoms with E-state index in [1.54, 1.807) is 6.20 Å². The van der Waals surface area contributed by atoms with Gasteiger partial charge in [-0.25, -0.2) is 4.98 Å². The molecule has 2 N–H and O–H groups in total. The van der Waals surface area contributed by atoms with Crippen molar-refractivity contribution in [2.45, 2.75) is 32.7 Å². The molecule has 23 heavy (non-hydrogen) atoms. The number of benzene rings is 1. The van der Waals surface area contributed by atoms with Crippen molar-refractivity contribution >= 4 is 16.9 Å². The van der Waals surface area contributed by atoms with E-state index in [2.05, 4.69) is 20.4 Å². The van der Waals surface area contributed by atoms with Crippen molar-refractivity contribution in [3.8, 4) is 0 Å². The maximum atomic E-state index is 12.2. The van der Waals surface area contributed by atoms with Crippen LogP contribution in [0.2, 0.25) is 0 Å². The quantitative estimate of drug-likeness (QED) is 0.760. The molecule has 1 atom stereocenters. The minimum atomic E-state index is -0.0492. The van der Waals surface area contributed by atoms with Crippen LogP contribution >= 0.6 is 0 Å². The van der Waals surface area contributed by atoms with Gasteiger partial charge in [0.1, 0.15) is 5.82 Å². The van der Waals surface area contributed by atoms with Gasteiger partial charge in [-0.2, -0.15) is 5.10 Å². The third-order valence-corrected chi connectivity index (χ3v) is 4.14. The number of H-pyrrole nitrogens is 1. The second kappa shape index (κ2) is 6.24. The molecule has 3 aromatic rings. The highest BCUT2D eigenvalue weighted by atomic mass is 16.1. The van der Waals surface area contributed by atoms with Crippen LogP contribution < -0.4 is 5.32 Å². The molecule has 120 valence electrons. The number of imidazole rings is 1. The lowest BCUT2D eigenvalue weighted by molar-refractivity contribution is -0.121. The highest BCUT2D eigenvalue weighted by Gasteiger charge is 2.15. The Kier molecular flexibility index (Phi) is 4.14. The Morgan fingerprint density at radius 1 is 1.39 bits per heavy atom. The van der Waals surface area contributed by atoms with Crippen molar-refractivity contribution in [3.05, 3.63) is 47.5 Å². The van der Waals surface area contributed by atoms with Crippen molar-refractivity contribution in [2.24, 2.45) is 7.05 Å². The number of fused-ring (bicyclic) bond motifs is 1. The Labute approximate surface area is 134 Å². The predicted molar refractivity (Wildman–Crippen MR) is 88.9 cm³/mol. The number of carbonyl (C=O) groups excluding carboxylic acids is 1. The summed E-state index contributed by atoms with van der Waals surface area (Å²) in [5, 5.41) is 7.23. The Balaban J connectivity index is 1.58. The van der Waals surface area contributed by atoms with Crippen LogP contribution in [0.15, 0.2) is 30.5 Å². The largest absolute Gasteiger partial charge is 0.349 e. The van der Waals surface area contributed by atoms with Gasteiger partial charge in [-0.15, -0.1) is 0 Å². The van der Waals surface area contributed by atoms with Crippen molar-refractivity contribution in [2.75, 3.05) is 0 Å². The third-order valence-electron chi connectivity index (χ3n) is 4.14. The Bertz CT molecular complexity index is 799. The number of aromatic nitrogens is 4. The van der Waals surface area contributed by atoms with E-state index in [0.29, 0.717) is 12.8 Å². The summed E-state index contributed by atoms with van der Waals surface area (Å²) in [5.41, 5.74) is 4.05. The molecular weight excluding hydrogens is 290 g/mol. The number of nitrogens with zero attached hydrogens (tertiary/aromatic N) is 3. The molecule has 0 radical (unpaired) electrons. The van der Waals surface area contributed by atoms with Gasteiger partial charge in [-0.3, -0.25) is 9.48 Å². The molecule has 0 aliphatic heterocycles. The summed E-state index contributed by atoms with van der Waals surface area (Å²) < 4.78 is 1.81. The molecule has 2 aromatic heterocycles. The van der Waals surface area contributed by atoms with Crippen molar-refractivity contribution < 1.29 is 4.79 Å². The second-order valence-corrected chi connectivity index (χ2v) is 5.80. The monoisotopic (exact) mass is 311 g/mol. The van der Waals surface area contributed by atoms with E-state index in [0.717, 1.165) is 28.1 Å². The number of hydrogen-bond acceptors (Lipinski definition) is 3. The molecule has 0 spiro atoms. The van der Waals surface area contributed by atoms with E-state index in [9.17, 15) is 4.79 Å². The molecule has 0 bridgehead atoms. The molecule has 0 saturated heterocycles. The Morgan fingerprint density at radius 2 is 2.17 bits per heavy atom. The number of rotatable bonds is 5. The first kappa shape index (κ1) is 15.3. The van der Waals surface area contributed by atoms with E-state index < -0.39 is 0 Å². The van der Waals surface area contributed by atoms with E-state index in [1.165, 1.54) is 0 Å². The molecule has 0 fully saturated rings. The zero-order chi connectivity index (χ0) is 16.4. The van der Waals surface area contributed by atoms with Gasteiger partial charge in [-0.1, -0.05) is 12.1 Å². The zero-order valence-electron chi connectivity index (χ0n) is 13.6. The fourth-order valence-electron chi connectivity index (χ4n) is 2.69. The molecule has 0 saturated carbocycles. The summed E-state index contributed by atoms with van der Waals surface area (Å²) in [6, 6.07) is 7.82. The molecule has 0 unspecified atom stereocenters. The molecule has 1 aromatic carbocycles. The molecule has 6 heteroatoms. The van der Waals surface area contributed by atoms with Crippen LogP contribution in [0.5, 0.6) is 0 Å².